The lowest BCUT2D eigenvalue weighted by atomic mass is 9.93. The second-order valence-electron chi connectivity index (χ2n) is 16.1. The van der Waals surface area contributed by atoms with Gasteiger partial charge in [0.25, 0.3) is 0 Å². The smallest absolute Gasteiger partial charge is 0.247 e. The Labute approximate surface area is 349 Å². The molecular formula is C56H32N4O. The Morgan fingerprint density at radius 3 is 1.79 bits per heavy atom. The molecule has 0 saturated carbocycles. The van der Waals surface area contributed by atoms with Crippen LogP contribution in [0.25, 0.3) is 133 Å². The van der Waals surface area contributed by atoms with E-state index >= 15 is 0 Å². The summed E-state index contributed by atoms with van der Waals surface area (Å²) >= 11 is 0. The summed E-state index contributed by atoms with van der Waals surface area (Å²) in [5.74, 6) is 0.757. The van der Waals surface area contributed by atoms with E-state index in [9.17, 15) is 0 Å². The molecule has 0 aliphatic carbocycles. The lowest BCUT2D eigenvalue weighted by molar-refractivity contribution is 0.653. The van der Waals surface area contributed by atoms with Crippen molar-refractivity contribution < 1.29 is 4.42 Å². The predicted molar refractivity (Wildman–Crippen MR) is 251 cm³/mol. The Kier molecular flexibility index (Phi) is 6.49. The number of rotatable bonds is 3. The van der Waals surface area contributed by atoms with Crippen molar-refractivity contribution in [2.45, 2.75) is 0 Å². The van der Waals surface area contributed by atoms with Crippen LogP contribution in [0.15, 0.2) is 199 Å². The standard InChI is InChI=1S/C56H32N4O/c1-2-15-33(16-3-1)34-29-30-41(37-19-6-4-17-35(34)37)52-55(57-53-44-23-10-13-28-51(44)61-56(53)58-52)60-48-27-12-9-22-40(48)45-31-49-46(32-50(45)60)43-25-14-24-42-38-20-7-5-18-36(38)39-21-8-11-26-47(39)59(49)54(42)43/h1-32H. The summed E-state index contributed by atoms with van der Waals surface area (Å²) in [7, 11) is 0. The molecule has 5 heteroatoms. The zero-order chi connectivity index (χ0) is 39.8. The minimum Gasteiger partial charge on any atom is -0.436 e. The van der Waals surface area contributed by atoms with Crippen molar-refractivity contribution >= 4 is 76.6 Å². The van der Waals surface area contributed by atoms with Crippen LogP contribution in [0.1, 0.15) is 0 Å². The monoisotopic (exact) mass is 776 g/mol. The first kappa shape index (κ1) is 32.7. The third-order valence-electron chi connectivity index (χ3n) is 12.9. The minimum atomic E-state index is 0.517. The quantitative estimate of drug-likeness (QED) is 0.180. The number of aromatic nitrogens is 4. The molecule has 1 aliphatic heterocycles. The summed E-state index contributed by atoms with van der Waals surface area (Å²) in [6.07, 6.45) is 0. The van der Waals surface area contributed by atoms with Crippen LogP contribution < -0.4 is 0 Å². The van der Waals surface area contributed by atoms with Gasteiger partial charge in [-0.25, -0.2) is 9.97 Å². The Balaban J connectivity index is 1.13. The SMILES string of the molecule is c1ccc(-c2ccc(-c3nc4oc5ccccc5c4nc3-n3c4ccccc4c4cc5c(cc43)c3cccc4c3n5-c3ccccc3-c3ccccc3-4)c3ccccc23)cc1. The molecule has 1 aliphatic rings. The molecule has 0 spiro atoms. The van der Waals surface area contributed by atoms with Gasteiger partial charge in [0.1, 0.15) is 16.8 Å². The highest BCUT2D eigenvalue weighted by Crippen LogP contribution is 2.49. The van der Waals surface area contributed by atoms with Gasteiger partial charge in [-0.3, -0.25) is 4.57 Å². The summed E-state index contributed by atoms with van der Waals surface area (Å²) in [6.45, 7) is 0. The van der Waals surface area contributed by atoms with E-state index in [0.717, 1.165) is 66.1 Å². The van der Waals surface area contributed by atoms with Crippen LogP contribution in [0.2, 0.25) is 0 Å². The summed E-state index contributed by atoms with van der Waals surface area (Å²) in [5.41, 5.74) is 16.8. The van der Waals surface area contributed by atoms with E-state index in [1.807, 2.05) is 18.2 Å². The van der Waals surface area contributed by atoms with Gasteiger partial charge in [-0.1, -0.05) is 158 Å². The van der Waals surface area contributed by atoms with E-state index < -0.39 is 0 Å². The molecule has 0 fully saturated rings. The fourth-order valence-electron chi connectivity index (χ4n) is 10.3. The fourth-order valence-corrected chi connectivity index (χ4v) is 10.3. The van der Waals surface area contributed by atoms with Crippen molar-refractivity contribution in [2.75, 3.05) is 0 Å². The molecule has 0 N–H and O–H groups in total. The number of benzene rings is 9. The third kappa shape index (κ3) is 4.44. The topological polar surface area (TPSA) is 48.8 Å². The molecule has 0 unspecified atom stereocenters. The Hall–Kier alpha value is -8.28. The highest BCUT2D eigenvalue weighted by molar-refractivity contribution is 6.22. The maximum Gasteiger partial charge on any atom is 0.247 e. The predicted octanol–water partition coefficient (Wildman–Crippen LogP) is 14.7. The van der Waals surface area contributed by atoms with Crippen LogP contribution in [-0.2, 0) is 0 Å². The molecule has 0 radical (unpaired) electrons. The van der Waals surface area contributed by atoms with Crippen LogP contribution in [0.4, 0.5) is 0 Å². The first-order valence-electron chi connectivity index (χ1n) is 20.8. The second kappa shape index (κ2) is 12.1. The van der Waals surface area contributed by atoms with E-state index in [0.29, 0.717) is 5.71 Å². The molecule has 5 nitrogen and oxygen atoms in total. The van der Waals surface area contributed by atoms with Crippen molar-refractivity contribution in [2.24, 2.45) is 0 Å². The minimum absolute atomic E-state index is 0.517. The van der Waals surface area contributed by atoms with Crippen molar-refractivity contribution in [3.63, 3.8) is 0 Å². The lowest BCUT2D eigenvalue weighted by Gasteiger charge is -2.16. The normalized spacial score (nSPS) is 12.3. The van der Waals surface area contributed by atoms with Crippen molar-refractivity contribution in [1.29, 1.82) is 0 Å². The molecule has 13 aromatic rings. The highest BCUT2D eigenvalue weighted by atomic mass is 16.3. The molecule has 4 aromatic heterocycles. The molecular weight excluding hydrogens is 745 g/mol. The molecule has 0 atom stereocenters. The van der Waals surface area contributed by atoms with Gasteiger partial charge in [-0.15, -0.1) is 0 Å². The van der Waals surface area contributed by atoms with Crippen molar-refractivity contribution in [3.05, 3.63) is 194 Å². The number of fused-ring (bicyclic) bond motifs is 15. The summed E-state index contributed by atoms with van der Waals surface area (Å²) in [6, 6.07) is 69.7. The molecule has 61 heavy (non-hydrogen) atoms. The summed E-state index contributed by atoms with van der Waals surface area (Å²) in [5, 5.41) is 7.89. The number of para-hydroxylation sites is 4. The van der Waals surface area contributed by atoms with E-state index in [-0.39, 0.29) is 0 Å². The first-order chi connectivity index (χ1) is 30.3. The van der Waals surface area contributed by atoms with E-state index in [1.165, 1.54) is 60.9 Å². The Bertz CT molecular complexity index is 4000. The molecule has 282 valence electrons. The average Bonchev–Trinajstić information content (AvgIpc) is 3.94. The van der Waals surface area contributed by atoms with Crippen LogP contribution in [0.5, 0.6) is 0 Å². The van der Waals surface area contributed by atoms with Gasteiger partial charge in [0, 0.05) is 43.6 Å². The van der Waals surface area contributed by atoms with Crippen molar-refractivity contribution in [1.82, 2.24) is 19.1 Å². The lowest BCUT2D eigenvalue weighted by Crippen LogP contribution is -2.03. The molecule has 5 heterocycles. The Morgan fingerprint density at radius 2 is 0.951 bits per heavy atom. The van der Waals surface area contributed by atoms with Gasteiger partial charge in [-0.05, 0) is 69.4 Å². The molecule has 0 bridgehead atoms. The number of hydrogen-bond donors (Lipinski definition) is 0. The zero-order valence-corrected chi connectivity index (χ0v) is 32.7. The highest BCUT2D eigenvalue weighted by Gasteiger charge is 2.27. The van der Waals surface area contributed by atoms with Gasteiger partial charge in [0.2, 0.25) is 5.71 Å². The zero-order valence-electron chi connectivity index (χ0n) is 32.7. The molecule has 9 aromatic carbocycles. The number of furan rings is 1. The van der Waals surface area contributed by atoms with E-state index in [2.05, 4.69) is 185 Å². The summed E-state index contributed by atoms with van der Waals surface area (Å²) in [4.78, 5) is 11.1. The van der Waals surface area contributed by atoms with Gasteiger partial charge < -0.3 is 8.98 Å². The first-order valence-corrected chi connectivity index (χ1v) is 20.8. The van der Waals surface area contributed by atoms with Gasteiger partial charge in [-0.2, -0.15) is 0 Å². The van der Waals surface area contributed by atoms with Crippen molar-refractivity contribution in [3.8, 4) is 56.1 Å². The fraction of sp³-hybridized carbons (Fsp3) is 0. The third-order valence-corrected chi connectivity index (χ3v) is 12.9. The van der Waals surface area contributed by atoms with Gasteiger partial charge in [0.15, 0.2) is 5.82 Å². The average molecular weight is 777 g/mol. The summed E-state index contributed by atoms with van der Waals surface area (Å²) < 4.78 is 11.3. The maximum atomic E-state index is 6.48. The maximum absolute atomic E-state index is 6.48. The molecule has 0 saturated heterocycles. The molecule has 0 amide bonds. The second-order valence-corrected chi connectivity index (χ2v) is 16.1. The van der Waals surface area contributed by atoms with Gasteiger partial charge in [0.05, 0.1) is 27.8 Å². The van der Waals surface area contributed by atoms with Gasteiger partial charge >= 0.3 is 0 Å². The largest absolute Gasteiger partial charge is 0.436 e. The number of hydrogen-bond acceptors (Lipinski definition) is 3. The van der Waals surface area contributed by atoms with Crippen LogP contribution in [0, 0.1) is 0 Å². The van der Waals surface area contributed by atoms with Crippen LogP contribution >= 0.6 is 0 Å². The number of nitrogens with zero attached hydrogens (tertiary/aromatic N) is 4. The molecule has 14 rings (SSSR count). The van der Waals surface area contributed by atoms with Crippen LogP contribution in [-0.4, -0.2) is 19.1 Å². The Morgan fingerprint density at radius 1 is 0.361 bits per heavy atom. The van der Waals surface area contributed by atoms with E-state index in [1.54, 1.807) is 0 Å². The van der Waals surface area contributed by atoms with E-state index in [4.69, 9.17) is 14.4 Å². The van der Waals surface area contributed by atoms with Crippen LogP contribution in [0.3, 0.4) is 0 Å².